The third kappa shape index (κ3) is 5.24. The van der Waals surface area contributed by atoms with E-state index < -0.39 is 23.1 Å². The Kier molecular flexibility index (Phi) is 7.74. The van der Waals surface area contributed by atoms with Crippen LogP contribution in [0.25, 0.3) is 0 Å². The first-order valence-electron chi connectivity index (χ1n) is 12.7. The number of methoxy groups -OCH3 is 4. The van der Waals surface area contributed by atoms with Crippen LogP contribution in [0.2, 0.25) is 0 Å². The molecule has 11 nitrogen and oxygen atoms in total. The van der Waals surface area contributed by atoms with Gasteiger partial charge >= 0.3 is 5.97 Å². The normalized spacial score (nSPS) is 14.8. The van der Waals surface area contributed by atoms with Crippen LogP contribution in [0.15, 0.2) is 39.5 Å². The van der Waals surface area contributed by atoms with Gasteiger partial charge in [0.15, 0.2) is 28.8 Å². The molecule has 1 aromatic heterocycles. The molecule has 1 N–H and O–H groups in total. The number of hydrogen-bond acceptors (Lipinski definition) is 11. The molecule has 3 aromatic rings. The fourth-order valence-electron chi connectivity index (χ4n) is 5.13. The van der Waals surface area contributed by atoms with E-state index >= 15 is 0 Å². The molecule has 1 atom stereocenters. The van der Waals surface area contributed by atoms with Gasteiger partial charge in [-0.1, -0.05) is 0 Å². The van der Waals surface area contributed by atoms with Crippen LogP contribution in [0.5, 0.6) is 34.5 Å². The highest BCUT2D eigenvalue weighted by molar-refractivity contribution is 5.72. The third-order valence-corrected chi connectivity index (χ3v) is 7.17. The molecule has 1 unspecified atom stereocenters. The predicted octanol–water partition coefficient (Wildman–Crippen LogP) is 3.35. The highest BCUT2D eigenvalue weighted by Gasteiger charge is 2.31. The number of ether oxygens (including phenoxy) is 6. The van der Waals surface area contributed by atoms with Gasteiger partial charge in [-0.05, 0) is 47.4 Å². The Morgan fingerprint density at radius 2 is 1.70 bits per heavy atom. The lowest BCUT2D eigenvalue weighted by atomic mass is 9.91. The molecule has 5 rings (SSSR count). The summed E-state index contributed by atoms with van der Waals surface area (Å²) >= 11 is 0. The van der Waals surface area contributed by atoms with Crippen molar-refractivity contribution in [2.45, 2.75) is 31.8 Å². The number of benzene rings is 2. The fourth-order valence-corrected chi connectivity index (χ4v) is 5.13. The Bertz CT molecular complexity index is 1480. The number of hydrogen-bond donors (Lipinski definition) is 1. The Morgan fingerprint density at radius 1 is 0.975 bits per heavy atom. The van der Waals surface area contributed by atoms with E-state index in [0.29, 0.717) is 59.7 Å². The summed E-state index contributed by atoms with van der Waals surface area (Å²) in [5.74, 6) is 0.887. The number of nitrogens with zero attached hydrogens (tertiary/aromatic N) is 1. The lowest BCUT2D eigenvalue weighted by Crippen LogP contribution is -2.30. The second-order valence-electron chi connectivity index (χ2n) is 9.52. The molecule has 11 heteroatoms. The van der Waals surface area contributed by atoms with Crippen LogP contribution in [0.1, 0.15) is 40.5 Å². The quantitative estimate of drug-likeness (QED) is 0.392. The van der Waals surface area contributed by atoms with Crippen molar-refractivity contribution in [3.05, 3.63) is 68.8 Å². The first-order valence-corrected chi connectivity index (χ1v) is 12.7. The molecule has 3 heterocycles. The molecule has 0 bridgehead atoms. The largest absolute Gasteiger partial charge is 0.502 e. The lowest BCUT2D eigenvalue weighted by molar-refractivity contribution is -0.140. The number of fused-ring (bicyclic) bond motifs is 2. The molecule has 2 aromatic carbocycles. The molecular formula is C29H31NO10. The maximum Gasteiger partial charge on any atom is 0.306 e. The van der Waals surface area contributed by atoms with Gasteiger partial charge in [-0.2, -0.15) is 0 Å². The Hall–Kier alpha value is -4.38. The molecule has 40 heavy (non-hydrogen) atoms. The van der Waals surface area contributed by atoms with Crippen molar-refractivity contribution in [1.82, 2.24) is 4.90 Å². The van der Waals surface area contributed by atoms with Crippen LogP contribution in [0, 0.1) is 0 Å². The number of carbonyl (C=O) groups excluding carboxylic acids is 1. The van der Waals surface area contributed by atoms with Crippen LogP contribution < -0.4 is 29.1 Å². The monoisotopic (exact) mass is 553 g/mol. The zero-order valence-corrected chi connectivity index (χ0v) is 22.8. The van der Waals surface area contributed by atoms with Gasteiger partial charge in [-0.15, -0.1) is 0 Å². The highest BCUT2D eigenvalue weighted by atomic mass is 16.7. The van der Waals surface area contributed by atoms with Crippen LogP contribution in [-0.4, -0.2) is 57.8 Å². The summed E-state index contributed by atoms with van der Waals surface area (Å²) in [6.45, 7) is 1.64. The molecule has 0 amide bonds. The SMILES string of the molecule is COC(=O)CC(c1cc(OC)c2c(c1)OCO2)c1oc(CN2CCc3cc(OC)c(OC)cc3C2)cc(=O)c1O. The lowest BCUT2D eigenvalue weighted by Gasteiger charge is -2.29. The Balaban J connectivity index is 1.48. The van der Waals surface area contributed by atoms with Crippen LogP contribution in [0.3, 0.4) is 0 Å². The summed E-state index contributed by atoms with van der Waals surface area (Å²) in [6.07, 6.45) is 0.574. The van der Waals surface area contributed by atoms with Crippen LogP contribution in [-0.2, 0) is 29.0 Å². The van der Waals surface area contributed by atoms with Gasteiger partial charge in [-0.25, -0.2) is 0 Å². The Labute approximate surface area is 230 Å². The average Bonchev–Trinajstić information content (AvgIpc) is 3.45. The maximum atomic E-state index is 12.9. The van der Waals surface area contributed by atoms with Gasteiger partial charge in [0.25, 0.3) is 0 Å². The van der Waals surface area contributed by atoms with Gasteiger partial charge in [0.2, 0.25) is 23.7 Å². The second kappa shape index (κ2) is 11.4. The van der Waals surface area contributed by atoms with Crippen molar-refractivity contribution in [3.63, 3.8) is 0 Å². The molecule has 0 fully saturated rings. The summed E-state index contributed by atoms with van der Waals surface area (Å²) in [5.41, 5.74) is 2.16. The van der Waals surface area contributed by atoms with E-state index in [2.05, 4.69) is 4.90 Å². The van der Waals surface area contributed by atoms with Gasteiger partial charge in [-0.3, -0.25) is 14.5 Å². The molecule has 2 aliphatic heterocycles. The van der Waals surface area contributed by atoms with Gasteiger partial charge in [0.1, 0.15) is 5.76 Å². The number of esters is 1. The van der Waals surface area contributed by atoms with Crippen molar-refractivity contribution in [3.8, 4) is 34.5 Å². The van der Waals surface area contributed by atoms with E-state index in [1.165, 1.54) is 20.3 Å². The smallest absolute Gasteiger partial charge is 0.306 e. The molecule has 0 spiro atoms. The van der Waals surface area contributed by atoms with Crippen LogP contribution >= 0.6 is 0 Å². The molecule has 0 radical (unpaired) electrons. The molecule has 0 saturated heterocycles. The zero-order valence-electron chi connectivity index (χ0n) is 22.8. The molecule has 212 valence electrons. The summed E-state index contributed by atoms with van der Waals surface area (Å²) < 4.78 is 38.4. The second-order valence-corrected chi connectivity index (χ2v) is 9.52. The van der Waals surface area contributed by atoms with E-state index in [-0.39, 0.29) is 19.0 Å². The highest BCUT2D eigenvalue weighted by Crippen LogP contribution is 2.45. The minimum absolute atomic E-state index is 0.0181. The Morgan fingerprint density at radius 3 is 2.40 bits per heavy atom. The van der Waals surface area contributed by atoms with Gasteiger partial charge in [0, 0.05) is 19.2 Å². The summed E-state index contributed by atoms with van der Waals surface area (Å²) in [6, 6.07) is 8.56. The first kappa shape index (κ1) is 27.2. The van der Waals surface area contributed by atoms with Crippen molar-refractivity contribution in [1.29, 1.82) is 0 Å². The predicted molar refractivity (Wildman–Crippen MR) is 142 cm³/mol. The fraction of sp³-hybridized carbons (Fsp3) is 0.379. The minimum Gasteiger partial charge on any atom is -0.502 e. The van der Waals surface area contributed by atoms with Crippen LogP contribution in [0.4, 0.5) is 0 Å². The number of carbonyl (C=O) groups is 1. The van der Waals surface area contributed by atoms with Gasteiger partial charge in [0.05, 0.1) is 47.3 Å². The summed E-state index contributed by atoms with van der Waals surface area (Å²) in [7, 11) is 5.96. The van der Waals surface area contributed by atoms with E-state index in [1.54, 1.807) is 26.4 Å². The third-order valence-electron chi connectivity index (χ3n) is 7.17. The molecule has 2 aliphatic rings. The standard InChI is InChI=1S/C29H31NO10/c1-34-22-7-16-5-6-30(13-18(16)10-23(22)35-2)14-19-11-21(31)27(33)28(40-19)20(12-26(32)37-4)17-8-24(36-3)29-25(9-17)38-15-39-29/h7-11,20,33H,5-6,12-15H2,1-4H3. The zero-order chi connectivity index (χ0) is 28.4. The van der Waals surface area contributed by atoms with E-state index in [0.717, 1.165) is 17.5 Å². The molecular weight excluding hydrogens is 522 g/mol. The minimum atomic E-state index is -0.859. The van der Waals surface area contributed by atoms with Crippen molar-refractivity contribution in [2.75, 3.05) is 41.8 Å². The first-order chi connectivity index (χ1) is 19.3. The van der Waals surface area contributed by atoms with Crippen molar-refractivity contribution < 1.29 is 42.7 Å². The van der Waals surface area contributed by atoms with E-state index in [4.69, 9.17) is 32.8 Å². The van der Waals surface area contributed by atoms with Gasteiger partial charge < -0.3 is 37.9 Å². The summed E-state index contributed by atoms with van der Waals surface area (Å²) in [5, 5.41) is 10.8. The number of rotatable bonds is 9. The number of aromatic hydroxyl groups is 1. The van der Waals surface area contributed by atoms with E-state index in [9.17, 15) is 14.7 Å². The molecule has 0 aliphatic carbocycles. The van der Waals surface area contributed by atoms with Crippen molar-refractivity contribution in [2.24, 2.45) is 0 Å². The average molecular weight is 554 g/mol. The maximum absolute atomic E-state index is 12.9. The van der Waals surface area contributed by atoms with Crippen molar-refractivity contribution >= 4 is 5.97 Å². The van der Waals surface area contributed by atoms with E-state index in [1.807, 2.05) is 12.1 Å². The topological polar surface area (TPSA) is 126 Å². The summed E-state index contributed by atoms with van der Waals surface area (Å²) in [4.78, 5) is 27.5. The molecule has 0 saturated carbocycles.